The van der Waals surface area contributed by atoms with Crippen LogP contribution in [0.2, 0.25) is 0 Å². The van der Waals surface area contributed by atoms with Crippen LogP contribution >= 0.6 is 0 Å². The van der Waals surface area contributed by atoms with E-state index in [-0.39, 0.29) is 32.5 Å². The Morgan fingerprint density at radius 2 is 1.77 bits per heavy atom. The highest BCUT2D eigenvalue weighted by molar-refractivity contribution is 5.81. The molecular formula is C20H27NO5. The van der Waals surface area contributed by atoms with E-state index in [1.54, 1.807) is 24.3 Å². The molecule has 0 aromatic heterocycles. The summed E-state index contributed by atoms with van der Waals surface area (Å²) in [6, 6.07) is 8.95. The Labute approximate surface area is 154 Å². The van der Waals surface area contributed by atoms with E-state index in [1.807, 2.05) is 6.07 Å². The summed E-state index contributed by atoms with van der Waals surface area (Å²) in [4.78, 5) is 14.0. The SMILES string of the molecule is O=C(OCC#CCN(CO)CO)C(O)(c1ccccc1)C1CCCCC1. The van der Waals surface area contributed by atoms with Crippen molar-refractivity contribution in [1.29, 1.82) is 0 Å². The molecule has 0 spiro atoms. The number of rotatable bonds is 7. The number of esters is 1. The molecule has 0 saturated heterocycles. The summed E-state index contributed by atoms with van der Waals surface area (Å²) < 4.78 is 5.26. The highest BCUT2D eigenvalue weighted by Gasteiger charge is 2.46. The van der Waals surface area contributed by atoms with Crippen molar-refractivity contribution in [3.8, 4) is 11.8 Å². The van der Waals surface area contributed by atoms with Crippen LogP contribution in [0.3, 0.4) is 0 Å². The van der Waals surface area contributed by atoms with E-state index in [2.05, 4.69) is 11.8 Å². The highest BCUT2D eigenvalue weighted by Crippen LogP contribution is 2.40. The van der Waals surface area contributed by atoms with Crippen LogP contribution in [-0.2, 0) is 15.1 Å². The van der Waals surface area contributed by atoms with Crippen molar-refractivity contribution in [2.75, 3.05) is 26.6 Å². The Morgan fingerprint density at radius 3 is 2.38 bits per heavy atom. The number of benzene rings is 1. The van der Waals surface area contributed by atoms with Gasteiger partial charge in [0.2, 0.25) is 0 Å². The number of carbonyl (C=O) groups excluding carboxylic acids is 1. The van der Waals surface area contributed by atoms with Gasteiger partial charge >= 0.3 is 5.97 Å². The lowest BCUT2D eigenvalue weighted by molar-refractivity contribution is -0.174. The van der Waals surface area contributed by atoms with E-state index < -0.39 is 11.6 Å². The predicted octanol–water partition coefficient (Wildman–Crippen LogP) is 1.20. The Balaban J connectivity index is 2.06. The minimum atomic E-state index is -1.66. The molecule has 0 bridgehead atoms. The molecule has 26 heavy (non-hydrogen) atoms. The summed E-state index contributed by atoms with van der Waals surface area (Å²) in [5.74, 6) is 4.54. The molecule has 0 aliphatic heterocycles. The summed E-state index contributed by atoms with van der Waals surface area (Å²) >= 11 is 0. The average Bonchev–Trinajstić information content (AvgIpc) is 2.71. The number of carbonyl (C=O) groups is 1. The molecule has 6 nitrogen and oxygen atoms in total. The molecule has 1 aliphatic carbocycles. The minimum Gasteiger partial charge on any atom is -0.450 e. The third kappa shape index (κ3) is 5.05. The van der Waals surface area contributed by atoms with Gasteiger partial charge in [-0.1, -0.05) is 61.4 Å². The number of aliphatic hydroxyl groups excluding tert-OH is 2. The standard InChI is InChI=1S/C20H27NO5/c22-15-21(16-23)13-7-8-14-26-19(24)20(25,17-9-3-1-4-10-17)18-11-5-2-6-12-18/h1,3-4,9-10,18,22-23,25H,2,5-6,11-16H2. The summed E-state index contributed by atoms with van der Waals surface area (Å²) in [7, 11) is 0. The van der Waals surface area contributed by atoms with Crippen molar-refractivity contribution in [2.24, 2.45) is 5.92 Å². The lowest BCUT2D eigenvalue weighted by atomic mass is 9.73. The second-order valence-corrected chi connectivity index (χ2v) is 6.51. The van der Waals surface area contributed by atoms with Gasteiger partial charge < -0.3 is 20.1 Å². The molecule has 6 heteroatoms. The van der Waals surface area contributed by atoms with Crippen LogP contribution in [0.5, 0.6) is 0 Å². The smallest absolute Gasteiger partial charge is 0.344 e. The first-order chi connectivity index (χ1) is 12.6. The highest BCUT2D eigenvalue weighted by atomic mass is 16.5. The van der Waals surface area contributed by atoms with Crippen LogP contribution in [0.1, 0.15) is 37.7 Å². The predicted molar refractivity (Wildman–Crippen MR) is 96.5 cm³/mol. The first kappa shape index (κ1) is 20.4. The summed E-state index contributed by atoms with van der Waals surface area (Å²) in [5, 5.41) is 29.2. The average molecular weight is 361 g/mol. The zero-order valence-electron chi connectivity index (χ0n) is 14.9. The third-order valence-electron chi connectivity index (χ3n) is 4.82. The summed E-state index contributed by atoms with van der Waals surface area (Å²) in [6.07, 6.45) is 4.67. The van der Waals surface area contributed by atoms with Gasteiger partial charge in [0.15, 0.2) is 12.2 Å². The number of nitrogens with zero attached hydrogens (tertiary/aromatic N) is 1. The molecule has 2 rings (SSSR count). The molecule has 1 fully saturated rings. The molecule has 1 aromatic carbocycles. The van der Waals surface area contributed by atoms with Gasteiger partial charge in [0, 0.05) is 5.92 Å². The summed E-state index contributed by atoms with van der Waals surface area (Å²) in [5.41, 5.74) is -1.11. The van der Waals surface area contributed by atoms with Crippen molar-refractivity contribution >= 4 is 5.97 Å². The molecule has 1 aliphatic rings. The van der Waals surface area contributed by atoms with Crippen LogP contribution in [-0.4, -0.2) is 52.8 Å². The Kier molecular flexibility index (Phi) is 8.07. The first-order valence-corrected chi connectivity index (χ1v) is 8.97. The second-order valence-electron chi connectivity index (χ2n) is 6.51. The molecule has 0 heterocycles. The number of hydrogen-bond donors (Lipinski definition) is 3. The molecule has 1 aromatic rings. The molecule has 3 N–H and O–H groups in total. The Hall–Kier alpha value is -1.91. The van der Waals surface area contributed by atoms with Gasteiger partial charge in [-0.15, -0.1) is 0 Å². The molecule has 1 unspecified atom stereocenters. The van der Waals surface area contributed by atoms with E-state index in [4.69, 9.17) is 14.9 Å². The topological polar surface area (TPSA) is 90.2 Å². The molecule has 0 radical (unpaired) electrons. The molecule has 0 amide bonds. The van der Waals surface area contributed by atoms with Gasteiger partial charge in [-0.3, -0.25) is 0 Å². The van der Waals surface area contributed by atoms with Gasteiger partial charge in [-0.2, -0.15) is 0 Å². The van der Waals surface area contributed by atoms with Crippen molar-refractivity contribution in [1.82, 2.24) is 4.90 Å². The monoisotopic (exact) mass is 361 g/mol. The molecular weight excluding hydrogens is 334 g/mol. The normalized spacial score (nSPS) is 17.2. The second kappa shape index (κ2) is 10.3. The first-order valence-electron chi connectivity index (χ1n) is 8.97. The van der Waals surface area contributed by atoms with Gasteiger partial charge in [0.1, 0.15) is 0 Å². The third-order valence-corrected chi connectivity index (χ3v) is 4.82. The van der Waals surface area contributed by atoms with Crippen LogP contribution in [0.4, 0.5) is 0 Å². The molecule has 142 valence electrons. The minimum absolute atomic E-state index is 0.147. The molecule has 1 saturated carbocycles. The lowest BCUT2D eigenvalue weighted by Gasteiger charge is -2.36. The van der Waals surface area contributed by atoms with Crippen molar-refractivity contribution in [3.63, 3.8) is 0 Å². The maximum absolute atomic E-state index is 12.7. The van der Waals surface area contributed by atoms with E-state index in [0.29, 0.717) is 5.56 Å². The zero-order chi connectivity index (χ0) is 18.8. The number of aliphatic hydroxyl groups is 3. The van der Waals surface area contributed by atoms with Crippen molar-refractivity contribution < 1.29 is 24.9 Å². The quantitative estimate of drug-likeness (QED) is 0.384. The van der Waals surface area contributed by atoms with Gasteiger partial charge in [0.05, 0.1) is 20.0 Å². The van der Waals surface area contributed by atoms with Crippen molar-refractivity contribution in [2.45, 2.75) is 37.7 Å². The van der Waals surface area contributed by atoms with Gasteiger partial charge in [0.25, 0.3) is 0 Å². The van der Waals surface area contributed by atoms with Crippen LogP contribution in [0.25, 0.3) is 0 Å². The Morgan fingerprint density at radius 1 is 1.12 bits per heavy atom. The molecule has 1 atom stereocenters. The van der Waals surface area contributed by atoms with Crippen LogP contribution < -0.4 is 0 Å². The van der Waals surface area contributed by atoms with Crippen molar-refractivity contribution in [3.05, 3.63) is 35.9 Å². The zero-order valence-corrected chi connectivity index (χ0v) is 14.9. The lowest BCUT2D eigenvalue weighted by Crippen LogP contribution is -2.45. The number of ether oxygens (including phenoxy) is 1. The van der Waals surface area contributed by atoms with E-state index in [9.17, 15) is 9.90 Å². The fourth-order valence-corrected chi connectivity index (χ4v) is 3.31. The summed E-state index contributed by atoms with van der Waals surface area (Å²) in [6.45, 7) is -0.595. The van der Waals surface area contributed by atoms with Crippen LogP contribution in [0, 0.1) is 17.8 Å². The van der Waals surface area contributed by atoms with Gasteiger partial charge in [-0.25, -0.2) is 9.69 Å². The fraction of sp³-hybridized carbons (Fsp3) is 0.550. The van der Waals surface area contributed by atoms with Crippen LogP contribution in [0.15, 0.2) is 30.3 Å². The maximum Gasteiger partial charge on any atom is 0.344 e. The fourth-order valence-electron chi connectivity index (χ4n) is 3.31. The largest absolute Gasteiger partial charge is 0.450 e. The number of hydrogen-bond acceptors (Lipinski definition) is 6. The maximum atomic E-state index is 12.7. The van der Waals surface area contributed by atoms with E-state index in [0.717, 1.165) is 32.1 Å². The van der Waals surface area contributed by atoms with Gasteiger partial charge in [-0.05, 0) is 18.4 Å². The Bertz CT molecular complexity index is 614. The van der Waals surface area contributed by atoms with E-state index in [1.165, 1.54) is 4.90 Å². The van der Waals surface area contributed by atoms with E-state index >= 15 is 0 Å².